The third-order valence-electron chi connectivity index (χ3n) is 7.38. The summed E-state index contributed by atoms with van der Waals surface area (Å²) in [5.74, 6) is -5.16. The summed E-state index contributed by atoms with van der Waals surface area (Å²) in [5, 5.41) is 60.9. The van der Waals surface area contributed by atoms with Crippen LogP contribution >= 0.6 is 0 Å². The Kier molecular flexibility index (Phi) is 16.8. The van der Waals surface area contributed by atoms with Gasteiger partial charge in [0.25, 0.3) is 5.91 Å². The number of benzene rings is 1. The second-order valence-electron chi connectivity index (χ2n) is 12.5. The summed E-state index contributed by atoms with van der Waals surface area (Å²) >= 11 is 0. The van der Waals surface area contributed by atoms with E-state index < -0.39 is 91.1 Å². The van der Waals surface area contributed by atoms with Gasteiger partial charge < -0.3 is 52.5 Å². The Labute approximate surface area is 269 Å². The van der Waals surface area contributed by atoms with E-state index in [1.165, 1.54) is 0 Å². The lowest BCUT2D eigenvalue weighted by molar-refractivity contribution is -0.145. The highest BCUT2D eigenvalue weighted by atomic mass is 16.4. The molecule has 1 aromatic carbocycles. The average Bonchev–Trinajstić information content (AvgIpc) is 2.99. The minimum atomic E-state index is -2.28. The van der Waals surface area contributed by atoms with E-state index in [9.17, 15) is 49.5 Å². The number of aliphatic carboxylic acids is 1. The van der Waals surface area contributed by atoms with Crippen molar-refractivity contribution in [3.8, 4) is 0 Å². The fourth-order valence-corrected chi connectivity index (χ4v) is 4.52. The average molecular weight is 654 g/mol. The molecule has 8 atom stereocenters. The lowest BCUT2D eigenvalue weighted by Gasteiger charge is -2.31. The van der Waals surface area contributed by atoms with Gasteiger partial charge in [-0.1, -0.05) is 71.9 Å². The maximum atomic E-state index is 13.3. The molecule has 0 aliphatic rings. The number of nitrogens with two attached hydrogens (primary N) is 1. The lowest BCUT2D eigenvalue weighted by Crippen LogP contribution is -2.61. The molecule has 15 heteroatoms. The van der Waals surface area contributed by atoms with Crippen molar-refractivity contribution in [3.05, 3.63) is 35.9 Å². The molecule has 5 unspecified atom stereocenters. The van der Waals surface area contributed by atoms with Crippen LogP contribution in [0.1, 0.15) is 66.0 Å². The summed E-state index contributed by atoms with van der Waals surface area (Å²) in [7, 11) is 0. The number of nitrogens with one attached hydrogen (secondary N) is 4. The van der Waals surface area contributed by atoms with Gasteiger partial charge in [-0.3, -0.25) is 24.0 Å². The van der Waals surface area contributed by atoms with E-state index in [1.54, 1.807) is 71.9 Å². The first-order valence-electron chi connectivity index (χ1n) is 15.3. The molecule has 15 nitrogen and oxygen atoms in total. The molecule has 0 spiro atoms. The minimum absolute atomic E-state index is 0.116. The third-order valence-corrected chi connectivity index (χ3v) is 7.38. The molecule has 0 heterocycles. The zero-order chi connectivity index (χ0) is 35.3. The number of aliphatic hydroxyl groups excluding tert-OH is 4. The van der Waals surface area contributed by atoms with E-state index >= 15 is 0 Å². The number of carbonyl (C=O) groups is 5. The van der Waals surface area contributed by atoms with Gasteiger partial charge in [0.05, 0.1) is 31.2 Å². The van der Waals surface area contributed by atoms with Crippen molar-refractivity contribution in [2.24, 2.45) is 23.5 Å². The molecule has 0 saturated carbocycles. The van der Waals surface area contributed by atoms with Gasteiger partial charge in [-0.05, 0) is 29.7 Å². The highest BCUT2D eigenvalue weighted by Gasteiger charge is 2.38. The molecule has 1 rings (SSSR count). The first kappa shape index (κ1) is 40.4. The molecular formula is C31H51N5O10. The standard InChI is InChI=1S/C31H51N5O10/c1-15(2)12-20(34-30(45)24(17(5)6)36-29(44)23(32)16(3)4)28(43)35-21(14-37)25(40)26(41)27(42)31(46)33-19(13-22(38)39)18-10-8-7-9-11-18/h7-11,15-17,19-21,23-27,37,40-42H,12-14,32H2,1-6H3,(H,33,46)(H,34,45)(H,35,43)(H,36,44)(H,38,39)/t19?,20-,21?,23-,24-,25?,26?,27?/m0/s1. The SMILES string of the molecule is CC(C)C[C@H](NC(=O)[C@@H](NC(=O)[C@@H](N)C(C)C)C(C)C)C(=O)NC(CO)C(O)C(O)C(O)C(=O)NC(CC(=O)O)c1ccccc1. The summed E-state index contributed by atoms with van der Waals surface area (Å²) in [5.41, 5.74) is 6.33. The molecule has 0 fully saturated rings. The summed E-state index contributed by atoms with van der Waals surface area (Å²) in [6.45, 7) is 9.57. The molecule has 4 amide bonds. The first-order valence-corrected chi connectivity index (χ1v) is 15.3. The molecule has 0 saturated heterocycles. The number of rotatable bonds is 19. The van der Waals surface area contributed by atoms with Crippen LogP contribution in [0.4, 0.5) is 0 Å². The zero-order valence-electron chi connectivity index (χ0n) is 27.2. The predicted molar refractivity (Wildman–Crippen MR) is 168 cm³/mol. The van der Waals surface area contributed by atoms with Crippen LogP contribution in [0, 0.1) is 17.8 Å². The number of hydrogen-bond donors (Lipinski definition) is 10. The van der Waals surface area contributed by atoms with Crippen LogP contribution in [0.3, 0.4) is 0 Å². The van der Waals surface area contributed by atoms with E-state index in [2.05, 4.69) is 21.3 Å². The van der Waals surface area contributed by atoms with Gasteiger partial charge in [0.2, 0.25) is 17.7 Å². The van der Waals surface area contributed by atoms with Crippen molar-refractivity contribution in [1.29, 1.82) is 0 Å². The molecule has 46 heavy (non-hydrogen) atoms. The Morgan fingerprint density at radius 3 is 1.80 bits per heavy atom. The maximum Gasteiger partial charge on any atom is 0.305 e. The Morgan fingerprint density at radius 1 is 0.739 bits per heavy atom. The molecule has 0 bridgehead atoms. The summed E-state index contributed by atoms with van der Waals surface area (Å²) in [4.78, 5) is 63.2. The summed E-state index contributed by atoms with van der Waals surface area (Å²) < 4.78 is 0. The van der Waals surface area contributed by atoms with Crippen LogP contribution in [0.25, 0.3) is 0 Å². The fourth-order valence-electron chi connectivity index (χ4n) is 4.52. The van der Waals surface area contributed by atoms with Crippen molar-refractivity contribution < 1.29 is 49.5 Å². The molecule has 11 N–H and O–H groups in total. The quantitative estimate of drug-likeness (QED) is 0.0824. The fraction of sp³-hybridized carbons (Fsp3) is 0.645. The van der Waals surface area contributed by atoms with Crippen molar-refractivity contribution in [2.45, 2.75) is 103 Å². The van der Waals surface area contributed by atoms with Gasteiger partial charge in [0.15, 0.2) is 6.10 Å². The van der Waals surface area contributed by atoms with Crippen LogP contribution < -0.4 is 27.0 Å². The van der Waals surface area contributed by atoms with Gasteiger partial charge in [0.1, 0.15) is 24.3 Å². The topological polar surface area (TPSA) is 261 Å². The molecule has 0 aliphatic carbocycles. The Balaban J connectivity index is 3.05. The number of carboxylic acids is 1. The number of aliphatic hydroxyl groups is 4. The van der Waals surface area contributed by atoms with Crippen molar-refractivity contribution in [1.82, 2.24) is 21.3 Å². The van der Waals surface area contributed by atoms with E-state index in [0.29, 0.717) is 5.56 Å². The molecule has 1 aromatic rings. The van der Waals surface area contributed by atoms with Gasteiger partial charge in [-0.25, -0.2) is 0 Å². The van der Waals surface area contributed by atoms with E-state index in [0.717, 1.165) is 0 Å². The van der Waals surface area contributed by atoms with Gasteiger partial charge in [-0.2, -0.15) is 0 Å². The van der Waals surface area contributed by atoms with Gasteiger partial charge in [-0.15, -0.1) is 0 Å². The second-order valence-corrected chi connectivity index (χ2v) is 12.5. The molecule has 0 aromatic heterocycles. The molecule has 0 aliphatic heterocycles. The van der Waals surface area contributed by atoms with E-state index in [1.807, 2.05) is 0 Å². The number of carbonyl (C=O) groups excluding carboxylic acids is 4. The lowest BCUT2D eigenvalue weighted by atomic mass is 9.97. The van der Waals surface area contributed by atoms with Crippen LogP contribution in [0.5, 0.6) is 0 Å². The van der Waals surface area contributed by atoms with Crippen molar-refractivity contribution in [3.63, 3.8) is 0 Å². The largest absolute Gasteiger partial charge is 0.481 e. The highest BCUT2D eigenvalue weighted by Crippen LogP contribution is 2.18. The van der Waals surface area contributed by atoms with Crippen LogP contribution in [-0.4, -0.2) is 104 Å². The molecule has 0 radical (unpaired) electrons. The monoisotopic (exact) mass is 653 g/mol. The zero-order valence-corrected chi connectivity index (χ0v) is 27.2. The molecule has 260 valence electrons. The van der Waals surface area contributed by atoms with Gasteiger partial charge in [0, 0.05) is 0 Å². The minimum Gasteiger partial charge on any atom is -0.481 e. The maximum absolute atomic E-state index is 13.3. The summed E-state index contributed by atoms with van der Waals surface area (Å²) in [6, 6.07) is 2.30. The Morgan fingerprint density at radius 2 is 1.33 bits per heavy atom. The van der Waals surface area contributed by atoms with Crippen LogP contribution in [0.2, 0.25) is 0 Å². The molecular weight excluding hydrogens is 602 g/mol. The number of carboxylic acid groups (broad SMARTS) is 1. The number of hydrogen-bond acceptors (Lipinski definition) is 10. The third kappa shape index (κ3) is 12.6. The number of amides is 4. The first-order chi connectivity index (χ1) is 21.4. The van der Waals surface area contributed by atoms with Crippen molar-refractivity contribution in [2.75, 3.05) is 6.61 Å². The predicted octanol–water partition coefficient (Wildman–Crippen LogP) is -1.47. The van der Waals surface area contributed by atoms with Crippen molar-refractivity contribution >= 4 is 29.6 Å². The second kappa shape index (κ2) is 19.1. The van der Waals surface area contributed by atoms with Crippen LogP contribution in [0.15, 0.2) is 30.3 Å². The summed E-state index contributed by atoms with van der Waals surface area (Å²) in [6.07, 6.45) is -6.98. The van der Waals surface area contributed by atoms with Crippen LogP contribution in [-0.2, 0) is 24.0 Å². The van der Waals surface area contributed by atoms with Gasteiger partial charge >= 0.3 is 5.97 Å². The van der Waals surface area contributed by atoms with E-state index in [4.69, 9.17) is 5.73 Å². The Hall–Kier alpha value is -3.63. The smallest absolute Gasteiger partial charge is 0.305 e. The normalized spacial score (nSPS) is 16.8. The van der Waals surface area contributed by atoms with E-state index in [-0.39, 0.29) is 24.2 Å². The Bertz CT molecular complexity index is 1150. The highest BCUT2D eigenvalue weighted by molar-refractivity contribution is 5.93.